The first-order chi connectivity index (χ1) is 8.39. The fourth-order valence-electron chi connectivity index (χ4n) is 0.919. The first-order valence-electron chi connectivity index (χ1n) is 5.19. The highest BCUT2D eigenvalue weighted by atomic mass is 31.2. The van der Waals surface area contributed by atoms with E-state index in [1.165, 1.54) is 5.56 Å². The Labute approximate surface area is 107 Å². The van der Waals surface area contributed by atoms with E-state index in [1.807, 2.05) is 54.6 Å². The van der Waals surface area contributed by atoms with Gasteiger partial charge in [0.05, 0.1) is 0 Å². The predicted molar refractivity (Wildman–Crippen MR) is 71.9 cm³/mol. The highest BCUT2D eigenvalue weighted by Gasteiger charge is 2.00. The van der Waals surface area contributed by atoms with Gasteiger partial charge in [0.2, 0.25) is 0 Å². The maximum Gasteiger partial charge on any atom is 0.466 e. The second-order valence-electron chi connectivity index (χ2n) is 3.32. The van der Waals surface area contributed by atoms with E-state index < -0.39 is 7.82 Å². The minimum Gasteiger partial charge on any atom is -0.303 e. The molecule has 0 aromatic heterocycles. The maximum atomic E-state index is 8.88. The summed E-state index contributed by atoms with van der Waals surface area (Å²) in [5.74, 6) is 0. The van der Waals surface area contributed by atoms with Crippen LogP contribution in [0.5, 0.6) is 0 Å². The van der Waals surface area contributed by atoms with E-state index in [2.05, 4.69) is 19.1 Å². The summed E-state index contributed by atoms with van der Waals surface area (Å²) in [7, 11) is -4.64. The molecule has 18 heavy (non-hydrogen) atoms. The second kappa shape index (κ2) is 9.57. The van der Waals surface area contributed by atoms with Crippen LogP contribution in [0.2, 0.25) is 0 Å². The van der Waals surface area contributed by atoms with Gasteiger partial charge >= 0.3 is 7.82 Å². The molecule has 0 saturated carbocycles. The Morgan fingerprint density at radius 3 is 1.11 bits per heavy atom. The van der Waals surface area contributed by atoms with Crippen LogP contribution < -0.4 is 0 Å². The van der Waals surface area contributed by atoms with Crippen LogP contribution in [0.25, 0.3) is 0 Å². The molecule has 98 valence electrons. The zero-order valence-corrected chi connectivity index (χ0v) is 10.9. The Morgan fingerprint density at radius 1 is 0.722 bits per heavy atom. The number of phosphoric acid groups is 1. The van der Waals surface area contributed by atoms with Gasteiger partial charge in [0.25, 0.3) is 0 Å². The van der Waals surface area contributed by atoms with Gasteiger partial charge in [-0.15, -0.1) is 0 Å². The van der Waals surface area contributed by atoms with E-state index >= 15 is 0 Å². The zero-order chi connectivity index (χ0) is 13.9. The normalized spacial score (nSPS) is 9.33. The quantitative estimate of drug-likeness (QED) is 0.642. The molecule has 0 unspecified atom stereocenters. The average Bonchev–Trinajstić information content (AvgIpc) is 2.31. The smallest absolute Gasteiger partial charge is 0.303 e. The molecule has 4 nitrogen and oxygen atoms in total. The fraction of sp³-hybridized carbons (Fsp3) is 0.0769. The molecule has 2 aromatic carbocycles. The van der Waals surface area contributed by atoms with E-state index in [9.17, 15) is 0 Å². The lowest BCUT2D eigenvalue weighted by Crippen LogP contribution is -1.66. The standard InChI is InChI=1S/C7H8.C6H6.H3O4P/c1-7-5-3-2-4-6-7;1-2-4-6-5-3-1;1-5(2,3)4/h2-6H,1H3;1-6H;(H3,1,2,3,4). The van der Waals surface area contributed by atoms with Crippen molar-refractivity contribution >= 4 is 7.82 Å². The SMILES string of the molecule is Cc1ccccc1.O=P(O)(O)O.c1ccccc1. The molecule has 5 heteroatoms. The third-order valence-electron chi connectivity index (χ3n) is 1.61. The third kappa shape index (κ3) is 17.0. The summed E-state index contributed by atoms with van der Waals surface area (Å²) in [4.78, 5) is 21.6. The molecular weight excluding hydrogens is 251 g/mol. The van der Waals surface area contributed by atoms with Crippen molar-refractivity contribution in [1.29, 1.82) is 0 Å². The molecule has 0 saturated heterocycles. The summed E-state index contributed by atoms with van der Waals surface area (Å²) < 4.78 is 8.88. The second-order valence-corrected chi connectivity index (χ2v) is 4.35. The van der Waals surface area contributed by atoms with Crippen LogP contribution in [0, 0.1) is 6.92 Å². The molecule has 0 amide bonds. The minimum absolute atomic E-state index is 1.32. The molecule has 0 aliphatic heterocycles. The highest BCUT2D eigenvalue weighted by Crippen LogP contribution is 2.25. The van der Waals surface area contributed by atoms with E-state index in [1.54, 1.807) is 0 Å². The van der Waals surface area contributed by atoms with Crippen molar-refractivity contribution in [1.82, 2.24) is 0 Å². The Bertz CT molecular complexity index is 404. The molecule has 0 atom stereocenters. The molecule has 2 rings (SSSR count). The molecular formula is C13H17O4P. The summed E-state index contributed by atoms with van der Waals surface area (Å²) in [6, 6.07) is 22.3. The molecule has 0 aliphatic carbocycles. The molecule has 0 aliphatic rings. The molecule has 0 bridgehead atoms. The summed E-state index contributed by atoms with van der Waals surface area (Å²) in [6.45, 7) is 2.08. The Kier molecular flexibility index (Phi) is 8.80. The highest BCUT2D eigenvalue weighted by molar-refractivity contribution is 7.45. The van der Waals surface area contributed by atoms with Crippen LogP contribution in [0.1, 0.15) is 5.56 Å². The lowest BCUT2D eigenvalue weighted by atomic mass is 10.2. The summed E-state index contributed by atoms with van der Waals surface area (Å²) in [5, 5.41) is 0. The predicted octanol–water partition coefficient (Wildman–Crippen LogP) is 2.75. The minimum atomic E-state index is -4.64. The number of rotatable bonds is 0. The summed E-state index contributed by atoms with van der Waals surface area (Å²) in [6.07, 6.45) is 0. The number of aryl methyl sites for hydroxylation is 1. The van der Waals surface area contributed by atoms with Gasteiger partial charge in [0.15, 0.2) is 0 Å². The van der Waals surface area contributed by atoms with E-state index in [-0.39, 0.29) is 0 Å². The van der Waals surface area contributed by atoms with Crippen molar-refractivity contribution in [2.45, 2.75) is 6.92 Å². The van der Waals surface area contributed by atoms with Gasteiger partial charge < -0.3 is 14.7 Å². The van der Waals surface area contributed by atoms with Crippen LogP contribution in [-0.2, 0) is 4.57 Å². The van der Waals surface area contributed by atoms with E-state index in [0.29, 0.717) is 0 Å². The van der Waals surface area contributed by atoms with Gasteiger partial charge in [0, 0.05) is 0 Å². The van der Waals surface area contributed by atoms with E-state index in [4.69, 9.17) is 19.2 Å². The molecule has 0 heterocycles. The number of hydrogen-bond donors (Lipinski definition) is 3. The van der Waals surface area contributed by atoms with Crippen molar-refractivity contribution in [3.05, 3.63) is 72.3 Å². The maximum absolute atomic E-state index is 8.88. The van der Waals surface area contributed by atoms with Crippen LogP contribution in [0.4, 0.5) is 0 Å². The molecule has 0 spiro atoms. The van der Waals surface area contributed by atoms with Crippen LogP contribution in [-0.4, -0.2) is 14.7 Å². The first kappa shape index (κ1) is 16.6. The summed E-state index contributed by atoms with van der Waals surface area (Å²) in [5.41, 5.74) is 1.32. The van der Waals surface area contributed by atoms with Gasteiger partial charge in [-0.3, -0.25) is 0 Å². The van der Waals surface area contributed by atoms with Gasteiger partial charge in [-0.05, 0) is 6.92 Å². The largest absolute Gasteiger partial charge is 0.466 e. The van der Waals surface area contributed by atoms with E-state index in [0.717, 1.165) is 0 Å². The molecule has 2 aromatic rings. The van der Waals surface area contributed by atoms with Gasteiger partial charge in [-0.2, -0.15) is 0 Å². The fourth-order valence-corrected chi connectivity index (χ4v) is 0.919. The monoisotopic (exact) mass is 268 g/mol. The summed E-state index contributed by atoms with van der Waals surface area (Å²) >= 11 is 0. The lowest BCUT2D eigenvalue weighted by molar-refractivity contribution is 0.275. The number of benzene rings is 2. The zero-order valence-electron chi connectivity index (χ0n) is 10.0. The molecule has 0 fully saturated rings. The number of hydrogen-bond acceptors (Lipinski definition) is 1. The Hall–Kier alpha value is -1.45. The molecule has 3 N–H and O–H groups in total. The van der Waals surface area contributed by atoms with Gasteiger partial charge in [-0.25, -0.2) is 4.57 Å². The lowest BCUT2D eigenvalue weighted by Gasteiger charge is -1.82. The van der Waals surface area contributed by atoms with Crippen molar-refractivity contribution in [2.24, 2.45) is 0 Å². The molecule has 0 radical (unpaired) electrons. The Morgan fingerprint density at radius 2 is 0.944 bits per heavy atom. The van der Waals surface area contributed by atoms with Crippen molar-refractivity contribution in [2.75, 3.05) is 0 Å². The third-order valence-corrected chi connectivity index (χ3v) is 1.61. The topological polar surface area (TPSA) is 77.8 Å². The van der Waals surface area contributed by atoms with Crippen LogP contribution in [0.15, 0.2) is 66.7 Å². The van der Waals surface area contributed by atoms with Crippen molar-refractivity contribution < 1.29 is 19.2 Å². The van der Waals surface area contributed by atoms with Crippen LogP contribution >= 0.6 is 7.82 Å². The van der Waals surface area contributed by atoms with Crippen molar-refractivity contribution in [3.63, 3.8) is 0 Å². The van der Waals surface area contributed by atoms with Crippen molar-refractivity contribution in [3.8, 4) is 0 Å². The first-order valence-corrected chi connectivity index (χ1v) is 6.76. The van der Waals surface area contributed by atoms with Gasteiger partial charge in [-0.1, -0.05) is 72.3 Å². The van der Waals surface area contributed by atoms with Gasteiger partial charge in [0.1, 0.15) is 0 Å². The van der Waals surface area contributed by atoms with Crippen LogP contribution in [0.3, 0.4) is 0 Å². The Balaban J connectivity index is 0.000000245. The average molecular weight is 268 g/mol.